The molecular weight excluding hydrogens is 168 g/mol. The van der Waals surface area contributed by atoms with Gasteiger partial charge in [-0.1, -0.05) is 13.0 Å². The van der Waals surface area contributed by atoms with Crippen LogP contribution in [-0.2, 0) is 14.3 Å². The number of rotatable bonds is 1. The lowest BCUT2D eigenvalue weighted by molar-refractivity contribution is -0.144. The molecule has 13 heavy (non-hydrogen) atoms. The largest absolute Gasteiger partial charge is 0.461 e. The average Bonchev–Trinajstić information content (AvgIpc) is 2.55. The molecular formula is C10H12O3. The minimum Gasteiger partial charge on any atom is -0.461 e. The van der Waals surface area contributed by atoms with E-state index in [1.165, 1.54) is 0 Å². The zero-order valence-electron chi connectivity index (χ0n) is 7.74. The van der Waals surface area contributed by atoms with Crippen molar-refractivity contribution in [2.45, 2.75) is 26.4 Å². The van der Waals surface area contributed by atoms with Gasteiger partial charge in [0.25, 0.3) is 0 Å². The molecule has 0 bridgehead atoms. The third-order valence-corrected chi connectivity index (χ3v) is 2.91. The van der Waals surface area contributed by atoms with E-state index in [0.29, 0.717) is 6.42 Å². The monoisotopic (exact) mass is 180 g/mol. The molecule has 2 aliphatic rings. The van der Waals surface area contributed by atoms with Gasteiger partial charge in [-0.05, 0) is 12.5 Å². The van der Waals surface area contributed by atoms with E-state index in [9.17, 15) is 9.59 Å². The Bertz CT molecular complexity index is 303. The van der Waals surface area contributed by atoms with Crippen LogP contribution < -0.4 is 0 Å². The minimum absolute atomic E-state index is 0.0681. The van der Waals surface area contributed by atoms with Crippen LogP contribution in [0.15, 0.2) is 11.6 Å². The Kier molecular flexibility index (Phi) is 1.75. The summed E-state index contributed by atoms with van der Waals surface area (Å²) < 4.78 is 5.13. The molecule has 3 heteroatoms. The maximum Gasteiger partial charge on any atom is 0.309 e. The quantitative estimate of drug-likeness (QED) is 0.567. The molecule has 1 saturated heterocycles. The summed E-state index contributed by atoms with van der Waals surface area (Å²) >= 11 is 0. The molecule has 0 radical (unpaired) electrons. The second kappa shape index (κ2) is 2.69. The standard InChI is InChI=1S/C10H12O3/c1-5-8-3-7(6(2)11)4-9(8)13-10(5)12/h3,5,8-9H,4H2,1-2H3/t5-,8-,9-/m0/s1. The lowest BCUT2D eigenvalue weighted by Gasteiger charge is -2.06. The molecule has 1 aliphatic heterocycles. The van der Waals surface area contributed by atoms with Crippen molar-refractivity contribution in [3.63, 3.8) is 0 Å². The predicted octanol–water partition coefficient (Wildman–Crippen LogP) is 1.08. The highest BCUT2D eigenvalue weighted by atomic mass is 16.6. The first kappa shape index (κ1) is 8.48. The number of carbonyl (C=O) groups is 2. The molecule has 3 nitrogen and oxygen atoms in total. The summed E-state index contributed by atoms with van der Waals surface area (Å²) in [4.78, 5) is 22.2. The van der Waals surface area contributed by atoms with Crippen LogP contribution in [0.1, 0.15) is 20.3 Å². The van der Waals surface area contributed by atoms with Gasteiger partial charge < -0.3 is 4.74 Å². The fourth-order valence-electron chi connectivity index (χ4n) is 2.02. The molecule has 2 rings (SSSR count). The van der Waals surface area contributed by atoms with E-state index in [0.717, 1.165) is 5.57 Å². The highest BCUT2D eigenvalue weighted by Crippen LogP contribution is 2.38. The lowest BCUT2D eigenvalue weighted by Crippen LogP contribution is -2.11. The third kappa shape index (κ3) is 1.19. The molecule has 0 unspecified atom stereocenters. The maximum absolute atomic E-state index is 11.1. The van der Waals surface area contributed by atoms with E-state index < -0.39 is 0 Å². The fourth-order valence-corrected chi connectivity index (χ4v) is 2.02. The number of ketones is 1. The predicted molar refractivity (Wildman–Crippen MR) is 45.9 cm³/mol. The highest BCUT2D eigenvalue weighted by molar-refractivity contribution is 5.94. The molecule has 70 valence electrons. The number of hydrogen-bond acceptors (Lipinski definition) is 3. The Labute approximate surface area is 76.8 Å². The molecule has 1 fully saturated rings. The summed E-state index contributed by atoms with van der Waals surface area (Å²) in [5.41, 5.74) is 0.814. The molecule has 0 aromatic carbocycles. The van der Waals surface area contributed by atoms with E-state index in [4.69, 9.17) is 4.74 Å². The van der Waals surface area contributed by atoms with Crippen LogP contribution in [0.2, 0.25) is 0 Å². The number of carbonyl (C=O) groups excluding carboxylic acids is 2. The maximum atomic E-state index is 11.1. The van der Waals surface area contributed by atoms with Crippen LogP contribution in [0.4, 0.5) is 0 Å². The van der Waals surface area contributed by atoms with Crippen LogP contribution >= 0.6 is 0 Å². The second-order valence-electron chi connectivity index (χ2n) is 3.79. The lowest BCUT2D eigenvalue weighted by atomic mass is 9.95. The van der Waals surface area contributed by atoms with E-state index in [-0.39, 0.29) is 29.7 Å². The Morgan fingerprint density at radius 1 is 1.62 bits per heavy atom. The Hall–Kier alpha value is -1.12. The molecule has 1 heterocycles. The SMILES string of the molecule is CC(=O)C1=C[C@@H]2[C@H](C1)OC(=O)[C@H]2C. The summed E-state index contributed by atoms with van der Waals surface area (Å²) in [6.45, 7) is 3.41. The minimum atomic E-state index is -0.131. The number of hydrogen-bond donors (Lipinski definition) is 0. The molecule has 0 aromatic heterocycles. The van der Waals surface area contributed by atoms with Gasteiger partial charge in [-0.15, -0.1) is 0 Å². The van der Waals surface area contributed by atoms with E-state index in [1.54, 1.807) is 6.92 Å². The molecule has 3 atom stereocenters. The molecule has 0 amide bonds. The van der Waals surface area contributed by atoms with Gasteiger partial charge in [-0.25, -0.2) is 0 Å². The van der Waals surface area contributed by atoms with Crippen LogP contribution in [0, 0.1) is 11.8 Å². The molecule has 0 aromatic rings. The average molecular weight is 180 g/mol. The van der Waals surface area contributed by atoms with Gasteiger partial charge in [0.1, 0.15) is 6.10 Å². The van der Waals surface area contributed by atoms with Crippen molar-refractivity contribution >= 4 is 11.8 Å². The second-order valence-corrected chi connectivity index (χ2v) is 3.79. The normalized spacial score (nSPS) is 36.9. The number of Topliss-reactive ketones (excluding diaryl/α,β-unsaturated/α-hetero) is 1. The zero-order chi connectivity index (χ0) is 9.59. The Balaban J connectivity index is 2.21. The van der Waals surface area contributed by atoms with Crippen molar-refractivity contribution in [3.8, 4) is 0 Å². The first-order chi connectivity index (χ1) is 6.09. The topological polar surface area (TPSA) is 43.4 Å². The smallest absolute Gasteiger partial charge is 0.309 e. The van der Waals surface area contributed by atoms with Crippen molar-refractivity contribution in [3.05, 3.63) is 11.6 Å². The zero-order valence-corrected chi connectivity index (χ0v) is 7.74. The van der Waals surface area contributed by atoms with Gasteiger partial charge in [0, 0.05) is 12.3 Å². The van der Waals surface area contributed by atoms with Crippen molar-refractivity contribution in [1.82, 2.24) is 0 Å². The molecule has 1 aliphatic carbocycles. The van der Waals surface area contributed by atoms with Gasteiger partial charge in [0.05, 0.1) is 5.92 Å². The molecule has 0 N–H and O–H groups in total. The van der Waals surface area contributed by atoms with Gasteiger partial charge in [-0.3, -0.25) is 9.59 Å². The summed E-state index contributed by atoms with van der Waals surface area (Å²) in [7, 11) is 0. The Morgan fingerprint density at radius 3 is 2.85 bits per heavy atom. The molecule has 0 saturated carbocycles. The van der Waals surface area contributed by atoms with Crippen LogP contribution in [0.25, 0.3) is 0 Å². The number of ether oxygens (including phenoxy) is 1. The highest BCUT2D eigenvalue weighted by Gasteiger charge is 2.44. The molecule has 0 spiro atoms. The van der Waals surface area contributed by atoms with Crippen LogP contribution in [0.5, 0.6) is 0 Å². The van der Waals surface area contributed by atoms with Crippen LogP contribution in [-0.4, -0.2) is 17.9 Å². The number of fused-ring (bicyclic) bond motifs is 1. The van der Waals surface area contributed by atoms with E-state index in [2.05, 4.69) is 0 Å². The van der Waals surface area contributed by atoms with E-state index in [1.807, 2.05) is 13.0 Å². The number of esters is 1. The first-order valence-electron chi connectivity index (χ1n) is 4.51. The Morgan fingerprint density at radius 2 is 2.31 bits per heavy atom. The summed E-state index contributed by atoms with van der Waals surface area (Å²) in [6, 6.07) is 0. The summed E-state index contributed by atoms with van der Waals surface area (Å²) in [6.07, 6.45) is 2.44. The summed E-state index contributed by atoms with van der Waals surface area (Å²) in [5.74, 6) is 0.0137. The third-order valence-electron chi connectivity index (χ3n) is 2.91. The van der Waals surface area contributed by atoms with Gasteiger partial charge in [0.15, 0.2) is 5.78 Å². The van der Waals surface area contributed by atoms with Crippen molar-refractivity contribution in [2.75, 3.05) is 0 Å². The van der Waals surface area contributed by atoms with Crippen molar-refractivity contribution < 1.29 is 14.3 Å². The summed E-state index contributed by atoms with van der Waals surface area (Å²) in [5, 5.41) is 0. The first-order valence-corrected chi connectivity index (χ1v) is 4.51. The van der Waals surface area contributed by atoms with Crippen LogP contribution in [0.3, 0.4) is 0 Å². The van der Waals surface area contributed by atoms with Crippen molar-refractivity contribution in [2.24, 2.45) is 11.8 Å². The fraction of sp³-hybridized carbons (Fsp3) is 0.600. The van der Waals surface area contributed by atoms with Gasteiger partial charge in [0.2, 0.25) is 0 Å². The van der Waals surface area contributed by atoms with Gasteiger partial charge >= 0.3 is 5.97 Å². The van der Waals surface area contributed by atoms with E-state index >= 15 is 0 Å². The van der Waals surface area contributed by atoms with Crippen molar-refractivity contribution in [1.29, 1.82) is 0 Å². The van der Waals surface area contributed by atoms with Gasteiger partial charge in [-0.2, -0.15) is 0 Å².